The molecule has 2 heterocycles. The third-order valence-electron chi connectivity index (χ3n) is 4.88. The van der Waals surface area contributed by atoms with Crippen LogP contribution in [-0.2, 0) is 4.79 Å². The highest BCUT2D eigenvalue weighted by atomic mass is 16.4. The zero-order chi connectivity index (χ0) is 20.6. The Balaban J connectivity index is 1.45. The number of aliphatic hydroxyl groups is 1. The van der Waals surface area contributed by atoms with Gasteiger partial charge in [-0.2, -0.15) is 0 Å². The summed E-state index contributed by atoms with van der Waals surface area (Å²) in [5.41, 5.74) is 1.55. The monoisotopic (exact) mass is 399 g/mol. The van der Waals surface area contributed by atoms with Crippen LogP contribution in [0.15, 0.2) is 42.7 Å². The van der Waals surface area contributed by atoms with Crippen molar-refractivity contribution in [2.45, 2.75) is 31.4 Å². The fourth-order valence-electron chi connectivity index (χ4n) is 3.21. The summed E-state index contributed by atoms with van der Waals surface area (Å²) in [6.07, 6.45) is 3.87. The van der Waals surface area contributed by atoms with Crippen molar-refractivity contribution in [3.05, 3.63) is 48.3 Å². The molecule has 1 saturated heterocycles. The minimum atomic E-state index is -1.47. The van der Waals surface area contributed by atoms with Crippen LogP contribution in [0.25, 0.3) is 0 Å². The summed E-state index contributed by atoms with van der Waals surface area (Å²) in [4.78, 5) is 33.4. The topological polar surface area (TPSA) is 128 Å². The fourth-order valence-corrected chi connectivity index (χ4v) is 3.21. The Morgan fingerprint density at radius 1 is 1.14 bits per heavy atom. The number of benzene rings is 1. The number of aromatic nitrogens is 2. The first-order valence-electron chi connectivity index (χ1n) is 9.60. The van der Waals surface area contributed by atoms with E-state index in [0.29, 0.717) is 17.6 Å². The molecule has 0 unspecified atom stereocenters. The number of rotatable bonds is 8. The number of carbonyl (C=O) groups excluding carboxylic acids is 1. The van der Waals surface area contributed by atoms with Crippen LogP contribution in [-0.4, -0.2) is 63.8 Å². The van der Waals surface area contributed by atoms with Crippen LogP contribution in [0.3, 0.4) is 0 Å². The molecule has 0 radical (unpaired) electrons. The van der Waals surface area contributed by atoms with E-state index >= 15 is 0 Å². The summed E-state index contributed by atoms with van der Waals surface area (Å²) < 4.78 is 0. The second-order valence-corrected chi connectivity index (χ2v) is 6.92. The molecule has 1 atom stereocenters. The lowest BCUT2D eigenvalue weighted by Crippen LogP contribution is -2.39. The summed E-state index contributed by atoms with van der Waals surface area (Å²) in [6, 6.07) is 9.45. The largest absolute Gasteiger partial charge is 0.479 e. The van der Waals surface area contributed by atoms with E-state index in [1.807, 2.05) is 12.1 Å². The third-order valence-corrected chi connectivity index (χ3v) is 4.88. The zero-order valence-electron chi connectivity index (χ0n) is 16.0. The highest BCUT2D eigenvalue weighted by Gasteiger charge is 2.20. The van der Waals surface area contributed by atoms with Crippen LogP contribution in [0.2, 0.25) is 0 Å². The number of aliphatic hydroxyl groups excluding tert-OH is 1. The normalized spacial score (nSPS) is 15.6. The van der Waals surface area contributed by atoms with Gasteiger partial charge in [0.2, 0.25) is 5.95 Å². The molecule has 9 nitrogen and oxygen atoms in total. The van der Waals surface area contributed by atoms with Gasteiger partial charge in [-0.1, -0.05) is 0 Å². The summed E-state index contributed by atoms with van der Waals surface area (Å²) in [5.74, 6) is -0.934. The SMILES string of the molecule is O=C(NCC[C@H](O)C(=O)O)c1ccc(N2CCC(Nc3ncccn3)CC2)cc1. The molecule has 0 spiro atoms. The molecule has 0 aliphatic carbocycles. The van der Waals surface area contributed by atoms with Crippen LogP contribution < -0.4 is 15.5 Å². The van der Waals surface area contributed by atoms with Crippen molar-refractivity contribution in [1.82, 2.24) is 15.3 Å². The van der Waals surface area contributed by atoms with Gasteiger partial charge in [-0.15, -0.1) is 0 Å². The Morgan fingerprint density at radius 3 is 2.41 bits per heavy atom. The Bertz CT molecular complexity index is 807. The standard InChI is InChI=1S/C20H25N5O4/c26-17(19(28)29)6-11-21-18(27)14-2-4-16(5-3-14)25-12-7-15(8-13-25)24-20-22-9-1-10-23-20/h1-5,9-10,15,17,26H,6-8,11-13H2,(H,21,27)(H,28,29)(H,22,23,24)/t17-/m0/s1. The quantitative estimate of drug-likeness (QED) is 0.520. The molecule has 29 heavy (non-hydrogen) atoms. The molecule has 4 N–H and O–H groups in total. The summed E-state index contributed by atoms with van der Waals surface area (Å²) in [7, 11) is 0. The minimum Gasteiger partial charge on any atom is -0.479 e. The molecule has 1 aromatic heterocycles. The van der Waals surface area contributed by atoms with Crippen molar-refractivity contribution in [2.24, 2.45) is 0 Å². The van der Waals surface area contributed by atoms with Crippen molar-refractivity contribution in [2.75, 3.05) is 29.9 Å². The Kier molecular flexibility index (Phi) is 6.96. The van der Waals surface area contributed by atoms with Crippen molar-refractivity contribution < 1.29 is 19.8 Å². The molecule has 1 aliphatic heterocycles. The second-order valence-electron chi connectivity index (χ2n) is 6.92. The van der Waals surface area contributed by atoms with Gasteiger partial charge in [0.25, 0.3) is 5.91 Å². The maximum Gasteiger partial charge on any atom is 0.332 e. The molecule has 3 rings (SSSR count). The number of piperidine rings is 1. The van der Waals surface area contributed by atoms with Gasteiger partial charge in [0.15, 0.2) is 6.10 Å². The highest BCUT2D eigenvalue weighted by molar-refractivity contribution is 5.94. The van der Waals surface area contributed by atoms with E-state index in [-0.39, 0.29) is 18.9 Å². The number of carboxylic acids is 1. The predicted molar refractivity (Wildman–Crippen MR) is 108 cm³/mol. The first-order chi connectivity index (χ1) is 14.0. The molecular weight excluding hydrogens is 374 g/mol. The van der Waals surface area contributed by atoms with Gasteiger partial charge in [0, 0.05) is 55.7 Å². The number of hydrogen-bond acceptors (Lipinski definition) is 7. The lowest BCUT2D eigenvalue weighted by molar-refractivity contribution is -0.146. The van der Waals surface area contributed by atoms with E-state index in [1.54, 1.807) is 30.6 Å². The van der Waals surface area contributed by atoms with Crippen molar-refractivity contribution in [1.29, 1.82) is 0 Å². The minimum absolute atomic E-state index is 0.0316. The third kappa shape index (κ3) is 5.89. The van der Waals surface area contributed by atoms with Crippen LogP contribution >= 0.6 is 0 Å². The van der Waals surface area contributed by atoms with E-state index < -0.39 is 12.1 Å². The number of nitrogens with zero attached hydrogens (tertiary/aromatic N) is 3. The van der Waals surface area contributed by atoms with Gasteiger partial charge in [-0.05, 0) is 43.2 Å². The average Bonchev–Trinajstić information content (AvgIpc) is 2.75. The van der Waals surface area contributed by atoms with Gasteiger partial charge in [-0.3, -0.25) is 4.79 Å². The van der Waals surface area contributed by atoms with E-state index in [9.17, 15) is 14.7 Å². The molecule has 1 aromatic carbocycles. The lowest BCUT2D eigenvalue weighted by Gasteiger charge is -2.34. The van der Waals surface area contributed by atoms with E-state index in [1.165, 1.54) is 0 Å². The maximum atomic E-state index is 12.1. The molecular formula is C20H25N5O4. The van der Waals surface area contributed by atoms with Crippen molar-refractivity contribution in [3.63, 3.8) is 0 Å². The van der Waals surface area contributed by atoms with E-state index in [2.05, 4.69) is 25.5 Å². The molecule has 2 aromatic rings. The molecule has 9 heteroatoms. The molecule has 0 saturated carbocycles. The summed E-state index contributed by atoms with van der Waals surface area (Å²) >= 11 is 0. The second kappa shape index (κ2) is 9.83. The van der Waals surface area contributed by atoms with Crippen LogP contribution in [0, 0.1) is 0 Å². The van der Waals surface area contributed by atoms with Crippen LogP contribution in [0.1, 0.15) is 29.6 Å². The number of nitrogens with one attached hydrogen (secondary N) is 2. The highest BCUT2D eigenvalue weighted by Crippen LogP contribution is 2.21. The molecule has 0 bridgehead atoms. The number of carbonyl (C=O) groups is 2. The van der Waals surface area contributed by atoms with Crippen molar-refractivity contribution in [3.8, 4) is 0 Å². The van der Waals surface area contributed by atoms with Gasteiger partial charge >= 0.3 is 5.97 Å². The Morgan fingerprint density at radius 2 is 1.79 bits per heavy atom. The number of hydrogen-bond donors (Lipinski definition) is 4. The number of amides is 1. The maximum absolute atomic E-state index is 12.1. The zero-order valence-corrected chi connectivity index (χ0v) is 16.0. The Hall–Kier alpha value is -3.20. The van der Waals surface area contributed by atoms with E-state index in [0.717, 1.165) is 31.6 Å². The smallest absolute Gasteiger partial charge is 0.332 e. The number of aliphatic carboxylic acids is 1. The molecule has 154 valence electrons. The first kappa shape index (κ1) is 20.5. The average molecular weight is 399 g/mol. The number of anilines is 2. The van der Waals surface area contributed by atoms with Crippen LogP contribution in [0.5, 0.6) is 0 Å². The summed E-state index contributed by atoms with van der Waals surface area (Å²) in [6.45, 7) is 1.88. The van der Waals surface area contributed by atoms with Gasteiger partial charge < -0.3 is 25.7 Å². The first-order valence-corrected chi connectivity index (χ1v) is 9.60. The van der Waals surface area contributed by atoms with Gasteiger partial charge in [-0.25, -0.2) is 14.8 Å². The molecule has 1 amide bonds. The molecule has 1 aliphatic rings. The summed E-state index contributed by atoms with van der Waals surface area (Å²) in [5, 5.41) is 23.8. The van der Waals surface area contributed by atoms with Crippen molar-refractivity contribution >= 4 is 23.5 Å². The molecule has 1 fully saturated rings. The Labute approximate surface area is 168 Å². The fraction of sp³-hybridized carbons (Fsp3) is 0.400. The van der Waals surface area contributed by atoms with E-state index in [4.69, 9.17) is 5.11 Å². The van der Waals surface area contributed by atoms with Gasteiger partial charge in [0.05, 0.1) is 0 Å². The van der Waals surface area contributed by atoms with Gasteiger partial charge in [0.1, 0.15) is 0 Å². The number of carboxylic acid groups (broad SMARTS) is 1. The lowest BCUT2D eigenvalue weighted by atomic mass is 10.0. The predicted octanol–water partition coefficient (Wildman–Crippen LogP) is 1.12. The van der Waals surface area contributed by atoms with Crippen LogP contribution in [0.4, 0.5) is 11.6 Å².